The number of thioether (sulfide) groups is 1. The Morgan fingerprint density at radius 1 is 1.11 bits per heavy atom. The van der Waals surface area contributed by atoms with Crippen LogP contribution in [0, 0.1) is 11.8 Å². The zero-order valence-electron chi connectivity index (χ0n) is 12.5. The van der Waals surface area contributed by atoms with E-state index in [-0.39, 0.29) is 0 Å². The molecule has 0 bridgehead atoms. The Balaban J connectivity index is 1.61. The van der Waals surface area contributed by atoms with E-state index in [0.717, 1.165) is 11.8 Å². The monoisotopic (exact) mass is 280 g/mol. The molecule has 0 aromatic heterocycles. The maximum atomic E-state index is 5.05. The fraction of sp³-hybridized carbons (Fsp3) is 0.938. The Morgan fingerprint density at radius 2 is 1.84 bits per heavy atom. The fourth-order valence-electron chi connectivity index (χ4n) is 3.80. The molecule has 3 rings (SSSR count). The van der Waals surface area contributed by atoms with Crippen LogP contribution in [0.2, 0.25) is 0 Å². The molecule has 2 aliphatic carbocycles. The van der Waals surface area contributed by atoms with Crippen molar-refractivity contribution in [3.8, 4) is 0 Å². The standard InChI is InChI=1S/C16H28N2S/c1-12-7-9-16(10-8-12)11-19-15(18-16)17-14-6-4-3-5-13(14)2/h12-14H,3-11H2,1-2H3,(H,17,18). The van der Waals surface area contributed by atoms with Crippen LogP contribution in [0.3, 0.4) is 0 Å². The lowest BCUT2D eigenvalue weighted by Crippen LogP contribution is -2.46. The lowest BCUT2D eigenvalue weighted by atomic mass is 9.78. The topological polar surface area (TPSA) is 24.4 Å². The molecule has 3 heteroatoms. The number of rotatable bonds is 1. The molecule has 3 aliphatic rings. The highest BCUT2D eigenvalue weighted by Crippen LogP contribution is 2.39. The van der Waals surface area contributed by atoms with Crippen LogP contribution in [-0.2, 0) is 0 Å². The van der Waals surface area contributed by atoms with Crippen molar-refractivity contribution in [3.05, 3.63) is 0 Å². The molecule has 1 aliphatic heterocycles. The summed E-state index contributed by atoms with van der Waals surface area (Å²) >= 11 is 1.98. The van der Waals surface area contributed by atoms with Crippen molar-refractivity contribution in [2.45, 2.75) is 76.8 Å². The zero-order valence-corrected chi connectivity index (χ0v) is 13.3. The summed E-state index contributed by atoms with van der Waals surface area (Å²) in [5.74, 6) is 2.96. The van der Waals surface area contributed by atoms with Gasteiger partial charge < -0.3 is 5.32 Å². The third-order valence-corrected chi connectivity index (χ3v) is 6.62. The normalized spacial score (nSPS) is 45.6. The van der Waals surface area contributed by atoms with Gasteiger partial charge in [-0.1, -0.05) is 38.5 Å². The first-order chi connectivity index (χ1) is 9.17. The van der Waals surface area contributed by atoms with Gasteiger partial charge in [0, 0.05) is 11.3 Å². The molecular weight excluding hydrogens is 252 g/mol. The van der Waals surface area contributed by atoms with Crippen LogP contribution in [-0.4, -0.2) is 22.5 Å². The third-order valence-electron chi connectivity index (χ3n) is 5.44. The van der Waals surface area contributed by atoms with Crippen LogP contribution in [0.5, 0.6) is 0 Å². The first-order valence-corrected chi connectivity index (χ1v) is 9.14. The SMILES string of the molecule is CC1CCC2(CC1)CSC(=NC1CCCCC1C)N2. The lowest BCUT2D eigenvalue weighted by Gasteiger charge is -2.35. The number of hydrogen-bond acceptors (Lipinski definition) is 2. The van der Waals surface area contributed by atoms with Crippen LogP contribution >= 0.6 is 11.8 Å². The van der Waals surface area contributed by atoms with Crippen LogP contribution in [0.1, 0.15) is 65.2 Å². The van der Waals surface area contributed by atoms with Crippen molar-refractivity contribution in [1.82, 2.24) is 5.32 Å². The van der Waals surface area contributed by atoms with Gasteiger partial charge in [0.1, 0.15) is 0 Å². The van der Waals surface area contributed by atoms with Gasteiger partial charge in [-0.15, -0.1) is 0 Å². The highest BCUT2D eigenvalue weighted by molar-refractivity contribution is 8.14. The molecule has 1 saturated heterocycles. The van der Waals surface area contributed by atoms with E-state index in [0.29, 0.717) is 11.6 Å². The molecule has 1 spiro atoms. The van der Waals surface area contributed by atoms with Gasteiger partial charge in [-0.25, -0.2) is 0 Å². The van der Waals surface area contributed by atoms with Crippen molar-refractivity contribution in [1.29, 1.82) is 0 Å². The third kappa shape index (κ3) is 3.12. The van der Waals surface area contributed by atoms with Gasteiger partial charge in [-0.3, -0.25) is 4.99 Å². The van der Waals surface area contributed by atoms with E-state index in [9.17, 15) is 0 Å². The summed E-state index contributed by atoms with van der Waals surface area (Å²) in [6, 6.07) is 0.585. The minimum atomic E-state index is 0.397. The lowest BCUT2D eigenvalue weighted by molar-refractivity contribution is 0.250. The Kier molecular flexibility index (Phi) is 4.11. The first kappa shape index (κ1) is 13.8. The summed E-state index contributed by atoms with van der Waals surface area (Å²) in [5, 5.41) is 5.07. The molecule has 0 aromatic rings. The van der Waals surface area contributed by atoms with Crippen molar-refractivity contribution in [3.63, 3.8) is 0 Å². The largest absolute Gasteiger partial charge is 0.359 e. The number of hydrogen-bond donors (Lipinski definition) is 1. The van der Waals surface area contributed by atoms with Gasteiger partial charge in [0.15, 0.2) is 5.17 Å². The van der Waals surface area contributed by atoms with E-state index in [2.05, 4.69) is 19.2 Å². The molecule has 2 atom stereocenters. The van der Waals surface area contributed by atoms with Gasteiger partial charge in [0.2, 0.25) is 0 Å². The molecule has 2 saturated carbocycles. The predicted octanol–water partition coefficient (Wildman–Crippen LogP) is 4.21. The van der Waals surface area contributed by atoms with Crippen LogP contribution in [0.4, 0.5) is 0 Å². The van der Waals surface area contributed by atoms with Gasteiger partial charge in [-0.05, 0) is 50.4 Å². The predicted molar refractivity (Wildman–Crippen MR) is 84.8 cm³/mol. The van der Waals surface area contributed by atoms with E-state index in [1.54, 1.807) is 0 Å². The molecule has 2 unspecified atom stereocenters. The number of aliphatic imine (C=N–C) groups is 1. The van der Waals surface area contributed by atoms with Gasteiger partial charge >= 0.3 is 0 Å². The van der Waals surface area contributed by atoms with E-state index in [1.165, 1.54) is 62.3 Å². The first-order valence-electron chi connectivity index (χ1n) is 8.16. The van der Waals surface area contributed by atoms with Gasteiger partial charge in [0.25, 0.3) is 0 Å². The number of amidine groups is 1. The van der Waals surface area contributed by atoms with E-state index in [4.69, 9.17) is 4.99 Å². The van der Waals surface area contributed by atoms with Crippen molar-refractivity contribution in [2.75, 3.05) is 5.75 Å². The van der Waals surface area contributed by atoms with Gasteiger partial charge in [-0.2, -0.15) is 0 Å². The van der Waals surface area contributed by atoms with E-state index < -0.39 is 0 Å². The summed E-state index contributed by atoms with van der Waals surface area (Å²) in [4.78, 5) is 5.05. The van der Waals surface area contributed by atoms with Crippen molar-refractivity contribution >= 4 is 16.9 Å². The molecule has 1 N–H and O–H groups in total. The minimum Gasteiger partial charge on any atom is -0.359 e. The number of nitrogens with one attached hydrogen (secondary N) is 1. The average molecular weight is 280 g/mol. The maximum absolute atomic E-state index is 5.05. The molecule has 0 radical (unpaired) electrons. The quantitative estimate of drug-likeness (QED) is 0.778. The second-order valence-corrected chi connectivity index (χ2v) is 8.10. The highest BCUT2D eigenvalue weighted by Gasteiger charge is 2.40. The van der Waals surface area contributed by atoms with Gasteiger partial charge in [0.05, 0.1) is 6.04 Å². The molecule has 19 heavy (non-hydrogen) atoms. The highest BCUT2D eigenvalue weighted by atomic mass is 32.2. The van der Waals surface area contributed by atoms with Crippen molar-refractivity contribution < 1.29 is 0 Å². The number of nitrogens with zero attached hydrogens (tertiary/aromatic N) is 1. The average Bonchev–Trinajstić information content (AvgIpc) is 2.80. The Morgan fingerprint density at radius 3 is 2.58 bits per heavy atom. The summed E-state index contributed by atoms with van der Waals surface area (Å²) in [7, 11) is 0. The molecule has 2 nitrogen and oxygen atoms in total. The smallest absolute Gasteiger partial charge is 0.157 e. The zero-order chi connectivity index (χ0) is 13.3. The summed E-state index contributed by atoms with van der Waals surface area (Å²) < 4.78 is 0. The summed E-state index contributed by atoms with van der Waals surface area (Å²) in [6.07, 6.45) is 10.9. The van der Waals surface area contributed by atoms with Crippen LogP contribution < -0.4 is 5.32 Å². The Labute approximate surface area is 122 Å². The molecular formula is C16H28N2S. The molecule has 1 heterocycles. The molecule has 0 amide bonds. The second kappa shape index (κ2) is 5.67. The maximum Gasteiger partial charge on any atom is 0.157 e. The van der Waals surface area contributed by atoms with E-state index in [1.807, 2.05) is 11.8 Å². The van der Waals surface area contributed by atoms with Crippen LogP contribution in [0.15, 0.2) is 4.99 Å². The molecule has 108 valence electrons. The summed E-state index contributed by atoms with van der Waals surface area (Å²) in [6.45, 7) is 4.78. The minimum absolute atomic E-state index is 0.397. The molecule has 0 aromatic carbocycles. The van der Waals surface area contributed by atoms with E-state index >= 15 is 0 Å². The molecule has 3 fully saturated rings. The fourth-order valence-corrected chi connectivity index (χ4v) is 5.07. The Hall–Kier alpha value is -0.180. The second-order valence-electron chi connectivity index (χ2n) is 7.14. The summed E-state index contributed by atoms with van der Waals surface area (Å²) in [5.41, 5.74) is 0.397. The van der Waals surface area contributed by atoms with Crippen LogP contribution in [0.25, 0.3) is 0 Å². The van der Waals surface area contributed by atoms with Crippen molar-refractivity contribution in [2.24, 2.45) is 16.8 Å². The Bertz CT molecular complexity index is 345.